The fraction of sp³-hybridized carbons (Fsp3) is 0.167. The largest absolute Gasteiger partial charge is 0.497 e. The quantitative estimate of drug-likeness (QED) is 0.295. The first-order valence-electron chi connectivity index (χ1n) is 10.00. The van der Waals surface area contributed by atoms with Crippen LogP contribution in [0.25, 0.3) is 11.3 Å². The van der Waals surface area contributed by atoms with Gasteiger partial charge < -0.3 is 13.9 Å². The van der Waals surface area contributed by atoms with Gasteiger partial charge in [0.2, 0.25) is 5.13 Å². The molecule has 0 saturated heterocycles. The van der Waals surface area contributed by atoms with E-state index in [-0.39, 0.29) is 6.04 Å². The van der Waals surface area contributed by atoms with Crippen molar-refractivity contribution in [2.75, 3.05) is 19.2 Å². The Morgan fingerprint density at radius 1 is 1.06 bits per heavy atom. The highest BCUT2D eigenvalue weighted by molar-refractivity contribution is 9.10. The van der Waals surface area contributed by atoms with E-state index < -0.39 is 0 Å². The van der Waals surface area contributed by atoms with Crippen LogP contribution in [-0.2, 0) is 0 Å². The van der Waals surface area contributed by atoms with Gasteiger partial charge in [-0.25, -0.2) is 9.99 Å². The molecule has 0 spiro atoms. The van der Waals surface area contributed by atoms with Crippen LogP contribution < -0.4 is 14.5 Å². The molecule has 6 nitrogen and oxygen atoms in total. The summed E-state index contributed by atoms with van der Waals surface area (Å²) in [5, 5.41) is 9.77. The van der Waals surface area contributed by atoms with E-state index in [1.165, 1.54) is 0 Å². The summed E-state index contributed by atoms with van der Waals surface area (Å²) in [5.74, 6) is 2.47. The van der Waals surface area contributed by atoms with Crippen molar-refractivity contribution in [3.8, 4) is 22.8 Å². The zero-order chi connectivity index (χ0) is 22.1. The number of benzene rings is 2. The molecule has 0 fully saturated rings. The molecule has 2 aromatic heterocycles. The Morgan fingerprint density at radius 3 is 2.56 bits per heavy atom. The summed E-state index contributed by atoms with van der Waals surface area (Å²) in [7, 11) is 3.32. The molecule has 0 radical (unpaired) electrons. The number of nitrogens with zero attached hydrogens (tertiary/aromatic N) is 3. The summed E-state index contributed by atoms with van der Waals surface area (Å²) in [5.41, 5.74) is 3.94. The van der Waals surface area contributed by atoms with Crippen molar-refractivity contribution in [3.63, 3.8) is 0 Å². The van der Waals surface area contributed by atoms with Gasteiger partial charge in [-0.1, -0.05) is 0 Å². The molecule has 3 heterocycles. The molecule has 32 heavy (non-hydrogen) atoms. The van der Waals surface area contributed by atoms with Gasteiger partial charge in [-0.3, -0.25) is 0 Å². The van der Waals surface area contributed by atoms with Gasteiger partial charge in [0, 0.05) is 17.4 Å². The van der Waals surface area contributed by atoms with E-state index in [1.807, 2.05) is 65.0 Å². The second-order valence-corrected chi connectivity index (χ2v) is 8.91. The van der Waals surface area contributed by atoms with Crippen molar-refractivity contribution in [2.45, 2.75) is 12.5 Å². The minimum Gasteiger partial charge on any atom is -0.497 e. The number of thiazole rings is 1. The minimum atomic E-state index is -0.0521. The smallest absolute Gasteiger partial charge is 0.207 e. The predicted molar refractivity (Wildman–Crippen MR) is 130 cm³/mol. The number of aromatic nitrogens is 1. The minimum absolute atomic E-state index is 0.0521. The number of hydrogen-bond donors (Lipinski definition) is 0. The van der Waals surface area contributed by atoms with Crippen LogP contribution in [0.3, 0.4) is 0 Å². The summed E-state index contributed by atoms with van der Waals surface area (Å²) >= 11 is 5.12. The average molecular weight is 510 g/mol. The molecule has 8 heteroatoms. The summed E-state index contributed by atoms with van der Waals surface area (Å²) in [6.45, 7) is 0. The molecule has 2 aromatic carbocycles. The summed E-state index contributed by atoms with van der Waals surface area (Å²) in [6, 6.07) is 17.7. The van der Waals surface area contributed by atoms with Gasteiger partial charge >= 0.3 is 0 Å². The van der Waals surface area contributed by atoms with Crippen LogP contribution in [0, 0.1) is 0 Å². The Kier molecular flexibility index (Phi) is 5.71. The summed E-state index contributed by atoms with van der Waals surface area (Å²) in [4.78, 5) is 4.89. The van der Waals surface area contributed by atoms with E-state index in [2.05, 4.69) is 15.9 Å². The number of halogens is 1. The fourth-order valence-electron chi connectivity index (χ4n) is 3.68. The standard InChI is InChI=1S/C24H20BrN3O3S/c1-29-17-8-5-15(6-9-17)19-13-21(23-4-3-11-31-23)28(27-19)24-26-20(14-32-24)16-7-10-22(30-2)18(25)12-16/h3-12,14,21H,13H2,1-2H3/t21-/m0/s1. The Labute approximate surface area is 198 Å². The maximum atomic E-state index is 5.74. The lowest BCUT2D eigenvalue weighted by Crippen LogP contribution is -2.17. The molecule has 0 amide bonds. The number of anilines is 1. The van der Waals surface area contributed by atoms with Crippen LogP contribution in [-0.4, -0.2) is 24.9 Å². The highest BCUT2D eigenvalue weighted by atomic mass is 79.9. The maximum absolute atomic E-state index is 5.74. The number of rotatable bonds is 6. The number of hydrazone groups is 1. The van der Waals surface area contributed by atoms with Crippen molar-refractivity contribution in [3.05, 3.63) is 82.0 Å². The van der Waals surface area contributed by atoms with Crippen molar-refractivity contribution in [1.29, 1.82) is 0 Å². The van der Waals surface area contributed by atoms with Crippen LogP contribution >= 0.6 is 27.3 Å². The highest BCUT2D eigenvalue weighted by Crippen LogP contribution is 2.40. The average Bonchev–Trinajstić information content (AvgIpc) is 3.59. The molecule has 0 bridgehead atoms. The number of furan rings is 1. The van der Waals surface area contributed by atoms with Crippen molar-refractivity contribution >= 4 is 38.1 Å². The Hall–Kier alpha value is -3.10. The normalized spacial score (nSPS) is 15.7. The SMILES string of the molecule is COc1ccc(C2=NN(c3nc(-c4ccc(OC)c(Br)c4)cs3)[C@H](c3ccco3)C2)cc1. The highest BCUT2D eigenvalue weighted by Gasteiger charge is 2.33. The first kappa shape index (κ1) is 20.8. The van der Waals surface area contributed by atoms with Crippen LogP contribution in [0.15, 0.2) is 80.2 Å². The first-order valence-corrected chi connectivity index (χ1v) is 11.7. The third-order valence-electron chi connectivity index (χ3n) is 5.34. The molecular weight excluding hydrogens is 490 g/mol. The van der Waals surface area contributed by atoms with Crippen LogP contribution in [0.5, 0.6) is 11.5 Å². The molecule has 162 valence electrons. The van der Waals surface area contributed by atoms with Crippen LogP contribution in [0.4, 0.5) is 5.13 Å². The topological polar surface area (TPSA) is 60.1 Å². The fourth-order valence-corrected chi connectivity index (χ4v) is 5.05. The Balaban J connectivity index is 1.49. The van der Waals surface area contributed by atoms with Crippen molar-refractivity contribution in [2.24, 2.45) is 5.10 Å². The lowest BCUT2D eigenvalue weighted by molar-refractivity contribution is 0.412. The van der Waals surface area contributed by atoms with E-state index in [4.69, 9.17) is 24.0 Å². The molecule has 1 atom stereocenters. The number of ether oxygens (including phenoxy) is 2. The second kappa shape index (κ2) is 8.80. The van der Waals surface area contributed by atoms with Gasteiger partial charge in [-0.2, -0.15) is 5.10 Å². The van der Waals surface area contributed by atoms with E-state index in [0.717, 1.165) is 55.8 Å². The van der Waals surface area contributed by atoms with Crippen LogP contribution in [0.1, 0.15) is 23.8 Å². The van der Waals surface area contributed by atoms with Gasteiger partial charge in [-0.15, -0.1) is 11.3 Å². The zero-order valence-corrected chi connectivity index (χ0v) is 19.9. The first-order chi connectivity index (χ1) is 15.7. The molecule has 5 rings (SSSR count). The molecular formula is C24H20BrN3O3S. The maximum Gasteiger partial charge on any atom is 0.207 e. The van der Waals surface area contributed by atoms with Gasteiger partial charge in [0.25, 0.3) is 0 Å². The summed E-state index contributed by atoms with van der Waals surface area (Å²) < 4.78 is 17.3. The van der Waals surface area contributed by atoms with E-state index in [0.29, 0.717) is 0 Å². The monoisotopic (exact) mass is 509 g/mol. The lowest BCUT2D eigenvalue weighted by Gasteiger charge is -2.18. The van der Waals surface area contributed by atoms with Gasteiger partial charge in [0.05, 0.1) is 36.4 Å². The Morgan fingerprint density at radius 2 is 1.88 bits per heavy atom. The van der Waals surface area contributed by atoms with Gasteiger partial charge in [0.1, 0.15) is 23.3 Å². The number of methoxy groups -OCH3 is 2. The molecule has 0 aliphatic carbocycles. The molecule has 0 unspecified atom stereocenters. The van der Waals surface area contributed by atoms with Crippen molar-refractivity contribution < 1.29 is 13.9 Å². The molecule has 4 aromatic rings. The van der Waals surface area contributed by atoms with Crippen molar-refractivity contribution in [1.82, 2.24) is 4.98 Å². The molecule has 1 aliphatic heterocycles. The summed E-state index contributed by atoms with van der Waals surface area (Å²) in [6.07, 6.45) is 2.42. The second-order valence-electron chi connectivity index (χ2n) is 7.22. The zero-order valence-electron chi connectivity index (χ0n) is 17.5. The lowest BCUT2D eigenvalue weighted by atomic mass is 10.0. The number of hydrogen-bond acceptors (Lipinski definition) is 7. The van der Waals surface area contributed by atoms with E-state index in [1.54, 1.807) is 31.8 Å². The molecule has 0 saturated carbocycles. The van der Waals surface area contributed by atoms with E-state index in [9.17, 15) is 0 Å². The van der Waals surface area contributed by atoms with E-state index >= 15 is 0 Å². The Bertz CT molecular complexity index is 1250. The predicted octanol–water partition coefficient (Wildman–Crippen LogP) is 6.54. The molecule has 1 aliphatic rings. The molecule has 0 N–H and O–H groups in total. The van der Waals surface area contributed by atoms with Gasteiger partial charge in [-0.05, 0) is 76.1 Å². The third-order valence-corrected chi connectivity index (χ3v) is 6.79. The van der Waals surface area contributed by atoms with Gasteiger partial charge in [0.15, 0.2) is 0 Å². The van der Waals surface area contributed by atoms with Crippen LogP contribution in [0.2, 0.25) is 0 Å². The third kappa shape index (κ3) is 3.91.